The lowest BCUT2D eigenvalue weighted by molar-refractivity contribution is -0.144. The van der Waals surface area contributed by atoms with Crippen LogP contribution in [0, 0.1) is 19.3 Å². The normalized spacial score (nSPS) is 18.1. The van der Waals surface area contributed by atoms with Crippen LogP contribution in [0.1, 0.15) is 24.2 Å². The van der Waals surface area contributed by atoms with Crippen molar-refractivity contribution in [2.45, 2.75) is 33.2 Å². The maximum absolute atomic E-state index is 11.0. The van der Waals surface area contributed by atoms with Gasteiger partial charge in [0.25, 0.3) is 0 Å². The highest BCUT2D eigenvalue weighted by Gasteiger charge is 2.50. The second kappa shape index (κ2) is 2.83. The minimum atomic E-state index is -0.690. The fraction of sp³-hybridized carbons (Fsp3) is 0.600. The van der Waals surface area contributed by atoms with E-state index in [0.29, 0.717) is 6.54 Å². The van der Waals surface area contributed by atoms with E-state index >= 15 is 0 Å². The minimum Gasteiger partial charge on any atom is -0.481 e. The van der Waals surface area contributed by atoms with Gasteiger partial charge in [-0.3, -0.25) is 9.48 Å². The second-order valence-electron chi connectivity index (χ2n) is 4.17. The van der Waals surface area contributed by atoms with Gasteiger partial charge in [-0.2, -0.15) is 5.10 Å². The summed E-state index contributed by atoms with van der Waals surface area (Å²) in [6.07, 6.45) is 1.56. The van der Waals surface area contributed by atoms with Crippen LogP contribution in [0.15, 0.2) is 6.07 Å². The van der Waals surface area contributed by atoms with Crippen LogP contribution in [0.25, 0.3) is 0 Å². The van der Waals surface area contributed by atoms with E-state index in [1.165, 1.54) is 0 Å². The van der Waals surface area contributed by atoms with Gasteiger partial charge in [0.2, 0.25) is 0 Å². The van der Waals surface area contributed by atoms with Gasteiger partial charge in [-0.25, -0.2) is 0 Å². The van der Waals surface area contributed by atoms with Gasteiger partial charge in [0.05, 0.1) is 17.7 Å². The van der Waals surface area contributed by atoms with Crippen molar-refractivity contribution in [1.29, 1.82) is 0 Å². The SMILES string of the molecule is Cc1cc(C)n(CC2(C(=O)O)CC2)n1. The first-order valence-corrected chi connectivity index (χ1v) is 4.78. The van der Waals surface area contributed by atoms with Crippen LogP contribution < -0.4 is 0 Å². The van der Waals surface area contributed by atoms with Crippen molar-refractivity contribution in [2.75, 3.05) is 0 Å². The van der Waals surface area contributed by atoms with Crippen LogP contribution in [0.5, 0.6) is 0 Å². The molecule has 14 heavy (non-hydrogen) atoms. The number of carbonyl (C=O) groups is 1. The molecule has 1 saturated carbocycles. The molecule has 1 heterocycles. The standard InChI is InChI=1S/C10H14N2O2/c1-7-5-8(2)12(11-7)6-10(3-4-10)9(13)14/h5H,3-4,6H2,1-2H3,(H,13,14). The molecule has 0 amide bonds. The van der Waals surface area contributed by atoms with E-state index in [0.717, 1.165) is 24.2 Å². The Morgan fingerprint density at radius 1 is 1.64 bits per heavy atom. The first kappa shape index (κ1) is 9.24. The summed E-state index contributed by atoms with van der Waals surface area (Å²) < 4.78 is 1.80. The van der Waals surface area contributed by atoms with E-state index in [1.54, 1.807) is 4.68 Å². The van der Waals surface area contributed by atoms with Crippen molar-refractivity contribution < 1.29 is 9.90 Å². The lowest BCUT2D eigenvalue weighted by atomic mass is 10.1. The number of aromatic nitrogens is 2. The lowest BCUT2D eigenvalue weighted by Gasteiger charge is -2.10. The first-order valence-electron chi connectivity index (χ1n) is 4.78. The molecule has 1 N–H and O–H groups in total. The van der Waals surface area contributed by atoms with Crippen LogP contribution in [-0.2, 0) is 11.3 Å². The molecule has 0 aromatic carbocycles. The highest BCUT2D eigenvalue weighted by molar-refractivity contribution is 5.77. The van der Waals surface area contributed by atoms with Crippen molar-refractivity contribution in [3.8, 4) is 0 Å². The molecule has 0 atom stereocenters. The number of hydrogen-bond donors (Lipinski definition) is 1. The molecule has 2 rings (SSSR count). The lowest BCUT2D eigenvalue weighted by Crippen LogP contribution is -2.22. The molecule has 0 saturated heterocycles. The minimum absolute atomic E-state index is 0.516. The molecule has 0 unspecified atom stereocenters. The third-order valence-corrected chi connectivity index (χ3v) is 2.86. The van der Waals surface area contributed by atoms with Gasteiger partial charge in [-0.15, -0.1) is 0 Å². The van der Waals surface area contributed by atoms with Gasteiger partial charge in [0.1, 0.15) is 0 Å². The third kappa shape index (κ3) is 1.41. The summed E-state index contributed by atoms with van der Waals surface area (Å²) in [5.41, 5.74) is 1.46. The fourth-order valence-corrected chi connectivity index (χ4v) is 1.71. The molecule has 1 aliphatic carbocycles. The Morgan fingerprint density at radius 2 is 2.29 bits per heavy atom. The summed E-state index contributed by atoms with van der Waals surface area (Å²) in [6.45, 7) is 4.39. The van der Waals surface area contributed by atoms with Crippen LogP contribution >= 0.6 is 0 Å². The molecule has 1 aromatic heterocycles. The largest absolute Gasteiger partial charge is 0.481 e. The smallest absolute Gasteiger partial charge is 0.311 e. The number of hydrogen-bond acceptors (Lipinski definition) is 2. The van der Waals surface area contributed by atoms with Crippen LogP contribution in [-0.4, -0.2) is 20.9 Å². The topological polar surface area (TPSA) is 55.1 Å². The van der Waals surface area contributed by atoms with Gasteiger partial charge in [0, 0.05) is 5.69 Å². The predicted octanol–water partition coefficient (Wildman–Crippen LogP) is 1.36. The summed E-state index contributed by atoms with van der Waals surface area (Å²) in [6, 6.07) is 1.97. The molecule has 4 heteroatoms. The number of carboxylic acid groups (broad SMARTS) is 1. The van der Waals surface area contributed by atoms with E-state index in [9.17, 15) is 4.79 Å². The third-order valence-electron chi connectivity index (χ3n) is 2.86. The average molecular weight is 194 g/mol. The summed E-state index contributed by atoms with van der Waals surface area (Å²) in [5, 5.41) is 13.3. The Morgan fingerprint density at radius 3 is 2.64 bits per heavy atom. The van der Waals surface area contributed by atoms with E-state index in [4.69, 9.17) is 5.11 Å². The fourth-order valence-electron chi connectivity index (χ4n) is 1.71. The average Bonchev–Trinajstić information content (AvgIpc) is 2.77. The summed E-state index contributed by atoms with van der Waals surface area (Å²) >= 11 is 0. The van der Waals surface area contributed by atoms with E-state index in [1.807, 2.05) is 19.9 Å². The molecule has 0 aliphatic heterocycles. The van der Waals surface area contributed by atoms with Gasteiger partial charge in [0.15, 0.2) is 0 Å². The van der Waals surface area contributed by atoms with Gasteiger partial charge < -0.3 is 5.11 Å². The molecule has 0 spiro atoms. The zero-order valence-electron chi connectivity index (χ0n) is 8.45. The summed E-state index contributed by atoms with van der Waals surface area (Å²) in [5.74, 6) is -0.690. The maximum Gasteiger partial charge on any atom is 0.311 e. The van der Waals surface area contributed by atoms with Gasteiger partial charge in [-0.05, 0) is 32.8 Å². The highest BCUT2D eigenvalue weighted by atomic mass is 16.4. The number of aliphatic carboxylic acids is 1. The van der Waals surface area contributed by atoms with E-state index in [2.05, 4.69) is 5.10 Å². The monoisotopic (exact) mass is 194 g/mol. The number of nitrogens with zero attached hydrogens (tertiary/aromatic N) is 2. The molecule has 4 nitrogen and oxygen atoms in total. The first-order chi connectivity index (χ1) is 6.53. The Bertz CT molecular complexity index is 377. The zero-order chi connectivity index (χ0) is 10.3. The Hall–Kier alpha value is -1.32. The number of carboxylic acids is 1. The quantitative estimate of drug-likeness (QED) is 0.790. The molecule has 1 aliphatic rings. The molecule has 76 valence electrons. The van der Waals surface area contributed by atoms with Crippen LogP contribution in [0.2, 0.25) is 0 Å². The van der Waals surface area contributed by atoms with Crippen molar-refractivity contribution >= 4 is 5.97 Å². The molecule has 1 fully saturated rings. The van der Waals surface area contributed by atoms with Crippen LogP contribution in [0.3, 0.4) is 0 Å². The van der Waals surface area contributed by atoms with Crippen molar-refractivity contribution in [1.82, 2.24) is 9.78 Å². The second-order valence-corrected chi connectivity index (χ2v) is 4.17. The molecular weight excluding hydrogens is 180 g/mol. The summed E-state index contributed by atoms with van der Waals surface area (Å²) in [4.78, 5) is 11.0. The van der Waals surface area contributed by atoms with Crippen molar-refractivity contribution in [2.24, 2.45) is 5.41 Å². The predicted molar refractivity (Wildman–Crippen MR) is 51.0 cm³/mol. The number of aryl methyl sites for hydroxylation is 2. The molecular formula is C10H14N2O2. The Balaban J connectivity index is 2.19. The molecule has 0 radical (unpaired) electrons. The zero-order valence-corrected chi connectivity index (χ0v) is 8.45. The Labute approximate surface area is 82.5 Å². The molecule has 1 aromatic rings. The molecule has 0 bridgehead atoms. The Kier molecular flexibility index (Phi) is 1.87. The van der Waals surface area contributed by atoms with E-state index in [-0.39, 0.29) is 0 Å². The van der Waals surface area contributed by atoms with Crippen molar-refractivity contribution in [3.63, 3.8) is 0 Å². The summed E-state index contributed by atoms with van der Waals surface area (Å²) in [7, 11) is 0. The van der Waals surface area contributed by atoms with Crippen molar-refractivity contribution in [3.05, 3.63) is 17.5 Å². The number of rotatable bonds is 3. The maximum atomic E-state index is 11.0. The van der Waals surface area contributed by atoms with Gasteiger partial charge >= 0.3 is 5.97 Å². The van der Waals surface area contributed by atoms with E-state index < -0.39 is 11.4 Å². The van der Waals surface area contributed by atoms with Crippen LogP contribution in [0.4, 0.5) is 0 Å². The highest BCUT2D eigenvalue weighted by Crippen LogP contribution is 2.47. The van der Waals surface area contributed by atoms with Gasteiger partial charge in [-0.1, -0.05) is 0 Å².